The molecule has 0 fully saturated rings. The maximum Gasteiger partial charge on any atom is 0.335 e. The Balaban J connectivity index is 1.49. The van der Waals surface area contributed by atoms with Crippen molar-refractivity contribution < 1.29 is 14.7 Å². The Morgan fingerprint density at radius 3 is 2.61 bits per heavy atom. The number of aromatic carboxylic acids is 1. The monoisotopic (exact) mass is 373 g/mol. The lowest BCUT2D eigenvalue weighted by atomic mass is 10.0. The van der Waals surface area contributed by atoms with E-state index in [0.717, 1.165) is 27.7 Å². The number of aryl methyl sites for hydroxylation is 2. The number of benzene rings is 2. The first-order valence-electron chi connectivity index (χ1n) is 8.98. The summed E-state index contributed by atoms with van der Waals surface area (Å²) in [6.45, 7) is 0. The second-order valence-corrected chi connectivity index (χ2v) is 6.74. The summed E-state index contributed by atoms with van der Waals surface area (Å²) in [6.07, 6.45) is 2.76. The lowest BCUT2D eigenvalue weighted by Crippen LogP contribution is -2.03. The van der Waals surface area contributed by atoms with Crippen molar-refractivity contribution in [3.8, 4) is 11.3 Å². The van der Waals surface area contributed by atoms with Gasteiger partial charge in [0, 0.05) is 36.1 Å². The number of rotatable bonds is 6. The summed E-state index contributed by atoms with van der Waals surface area (Å²) in [5.74, 6) is -0.992. The van der Waals surface area contributed by atoms with Gasteiger partial charge in [-0.15, -0.1) is 0 Å². The third-order valence-electron chi connectivity index (χ3n) is 4.86. The largest absolute Gasteiger partial charge is 0.478 e. The lowest BCUT2D eigenvalue weighted by Gasteiger charge is -2.01. The Hall–Kier alpha value is -3.67. The molecule has 0 saturated heterocycles. The zero-order valence-electron chi connectivity index (χ0n) is 15.3. The highest BCUT2D eigenvalue weighted by molar-refractivity contribution is 5.96. The minimum atomic E-state index is -0.957. The van der Waals surface area contributed by atoms with Gasteiger partial charge in [-0.2, -0.15) is 5.10 Å². The Kier molecular flexibility index (Phi) is 4.53. The van der Waals surface area contributed by atoms with E-state index >= 15 is 0 Å². The molecule has 2 aromatic heterocycles. The number of aromatic amines is 1. The van der Waals surface area contributed by atoms with Gasteiger partial charge in [0.15, 0.2) is 5.78 Å². The molecule has 0 aliphatic heterocycles. The van der Waals surface area contributed by atoms with E-state index in [4.69, 9.17) is 5.11 Å². The molecule has 6 heteroatoms. The van der Waals surface area contributed by atoms with Crippen LogP contribution in [0.25, 0.3) is 22.2 Å². The van der Waals surface area contributed by atoms with Gasteiger partial charge in [0.05, 0.1) is 11.3 Å². The van der Waals surface area contributed by atoms with Crippen molar-refractivity contribution in [2.75, 3.05) is 0 Å². The van der Waals surface area contributed by atoms with Crippen LogP contribution in [0.3, 0.4) is 0 Å². The van der Waals surface area contributed by atoms with Crippen LogP contribution in [0.2, 0.25) is 0 Å². The van der Waals surface area contributed by atoms with Crippen molar-refractivity contribution in [1.29, 1.82) is 0 Å². The number of fused-ring (bicyclic) bond motifs is 1. The molecule has 0 unspecified atom stereocenters. The second kappa shape index (κ2) is 7.15. The maximum absolute atomic E-state index is 12.6. The summed E-state index contributed by atoms with van der Waals surface area (Å²) in [6, 6.07) is 16.5. The van der Waals surface area contributed by atoms with Crippen molar-refractivity contribution in [3.05, 3.63) is 77.6 Å². The van der Waals surface area contributed by atoms with Gasteiger partial charge in [0.2, 0.25) is 0 Å². The average molecular weight is 373 g/mol. The molecule has 28 heavy (non-hydrogen) atoms. The minimum Gasteiger partial charge on any atom is -0.478 e. The molecule has 2 heterocycles. The first kappa shape index (κ1) is 17.7. The molecule has 140 valence electrons. The molecule has 0 bridgehead atoms. The fraction of sp³-hybridized carbons (Fsp3) is 0.136. The molecule has 4 aromatic rings. The van der Waals surface area contributed by atoms with Crippen LogP contribution in [0.1, 0.15) is 32.8 Å². The first-order chi connectivity index (χ1) is 13.5. The molecule has 0 radical (unpaired) electrons. The summed E-state index contributed by atoms with van der Waals surface area (Å²) >= 11 is 0. The van der Waals surface area contributed by atoms with Crippen LogP contribution in [0.5, 0.6) is 0 Å². The minimum absolute atomic E-state index is 0.0353. The molecule has 4 rings (SSSR count). The first-order valence-corrected chi connectivity index (χ1v) is 8.98. The van der Waals surface area contributed by atoms with Gasteiger partial charge in [-0.1, -0.05) is 18.2 Å². The number of carboxylic acid groups (broad SMARTS) is 1. The fourth-order valence-electron chi connectivity index (χ4n) is 3.29. The number of Topliss-reactive ketones (excluding diaryl/α,β-unsaturated/α-hetero) is 1. The maximum atomic E-state index is 12.6. The number of aromatic nitrogens is 3. The van der Waals surface area contributed by atoms with Crippen LogP contribution in [0.15, 0.2) is 60.8 Å². The van der Waals surface area contributed by atoms with E-state index in [9.17, 15) is 9.59 Å². The number of carbonyl (C=O) groups is 2. The fourth-order valence-corrected chi connectivity index (χ4v) is 3.29. The molecular weight excluding hydrogens is 354 g/mol. The smallest absolute Gasteiger partial charge is 0.335 e. The van der Waals surface area contributed by atoms with Gasteiger partial charge in [-0.25, -0.2) is 4.79 Å². The summed E-state index contributed by atoms with van der Waals surface area (Å²) < 4.78 is 1.72. The summed E-state index contributed by atoms with van der Waals surface area (Å²) in [5.41, 5.74) is 4.56. The van der Waals surface area contributed by atoms with E-state index in [1.165, 1.54) is 0 Å². The van der Waals surface area contributed by atoms with Crippen LogP contribution in [0.4, 0.5) is 0 Å². The summed E-state index contributed by atoms with van der Waals surface area (Å²) in [4.78, 5) is 26.7. The van der Waals surface area contributed by atoms with Crippen LogP contribution in [-0.4, -0.2) is 31.6 Å². The predicted molar refractivity (Wildman–Crippen MR) is 107 cm³/mol. The molecule has 0 aliphatic rings. The number of H-pyrrole nitrogens is 1. The molecule has 0 spiro atoms. The number of nitrogens with zero attached hydrogens (tertiary/aromatic N) is 2. The molecule has 0 amide bonds. The predicted octanol–water partition coefficient (Wildman–Crippen LogP) is 4.08. The average Bonchev–Trinajstić information content (AvgIpc) is 3.32. The van der Waals surface area contributed by atoms with Gasteiger partial charge < -0.3 is 10.1 Å². The third kappa shape index (κ3) is 3.44. The third-order valence-corrected chi connectivity index (χ3v) is 4.86. The van der Waals surface area contributed by atoms with Gasteiger partial charge in [0.1, 0.15) is 5.69 Å². The SMILES string of the molecule is Cn1nc(C(=O)CCc2ccc(C(=O)O)cc2)cc1-c1ccc2[nH]ccc2c1. The van der Waals surface area contributed by atoms with Gasteiger partial charge in [-0.3, -0.25) is 9.48 Å². The molecule has 6 nitrogen and oxygen atoms in total. The van der Waals surface area contributed by atoms with Crippen LogP contribution in [-0.2, 0) is 13.5 Å². The van der Waals surface area contributed by atoms with Crippen LogP contribution in [0, 0.1) is 0 Å². The topological polar surface area (TPSA) is 88.0 Å². The normalized spacial score (nSPS) is 11.0. The van der Waals surface area contributed by atoms with Crippen LogP contribution < -0.4 is 0 Å². The van der Waals surface area contributed by atoms with E-state index in [-0.39, 0.29) is 11.3 Å². The van der Waals surface area contributed by atoms with E-state index < -0.39 is 5.97 Å². The molecule has 0 aliphatic carbocycles. The Morgan fingerprint density at radius 1 is 1.07 bits per heavy atom. The number of carboxylic acids is 1. The molecule has 2 aromatic carbocycles. The van der Waals surface area contributed by atoms with Crippen molar-refractivity contribution >= 4 is 22.7 Å². The van der Waals surface area contributed by atoms with Gasteiger partial charge >= 0.3 is 5.97 Å². The Morgan fingerprint density at radius 2 is 1.86 bits per heavy atom. The lowest BCUT2D eigenvalue weighted by molar-refractivity contribution is 0.0696. The molecule has 0 saturated carbocycles. The van der Waals surface area contributed by atoms with Crippen LogP contribution >= 0.6 is 0 Å². The van der Waals surface area contributed by atoms with Crippen molar-refractivity contribution in [2.24, 2.45) is 7.05 Å². The highest BCUT2D eigenvalue weighted by atomic mass is 16.4. The highest BCUT2D eigenvalue weighted by Crippen LogP contribution is 2.25. The zero-order chi connectivity index (χ0) is 19.7. The number of carbonyl (C=O) groups excluding carboxylic acids is 1. The van der Waals surface area contributed by atoms with E-state index in [0.29, 0.717) is 18.5 Å². The van der Waals surface area contributed by atoms with Crippen molar-refractivity contribution in [2.45, 2.75) is 12.8 Å². The van der Waals surface area contributed by atoms with E-state index in [2.05, 4.69) is 16.1 Å². The van der Waals surface area contributed by atoms with Gasteiger partial charge in [-0.05, 0) is 48.4 Å². The number of hydrogen-bond donors (Lipinski definition) is 2. The number of hydrogen-bond acceptors (Lipinski definition) is 3. The quantitative estimate of drug-likeness (QED) is 0.499. The van der Waals surface area contributed by atoms with Gasteiger partial charge in [0.25, 0.3) is 0 Å². The van der Waals surface area contributed by atoms with E-state index in [1.54, 1.807) is 28.9 Å². The number of ketones is 1. The van der Waals surface area contributed by atoms with Crippen molar-refractivity contribution in [3.63, 3.8) is 0 Å². The Labute approximate surface area is 161 Å². The van der Waals surface area contributed by atoms with E-state index in [1.807, 2.05) is 37.5 Å². The summed E-state index contributed by atoms with van der Waals surface area (Å²) in [5, 5.41) is 14.4. The summed E-state index contributed by atoms with van der Waals surface area (Å²) in [7, 11) is 1.83. The molecule has 2 N–H and O–H groups in total. The Bertz CT molecular complexity index is 1170. The molecular formula is C22H19N3O3. The molecule has 0 atom stereocenters. The number of nitrogens with one attached hydrogen (secondary N) is 1. The highest BCUT2D eigenvalue weighted by Gasteiger charge is 2.14. The zero-order valence-corrected chi connectivity index (χ0v) is 15.3. The standard InChI is InChI=1S/C22H19N3O3/c1-25-20(17-7-8-18-16(12-17)10-11-23-18)13-19(24-25)21(26)9-4-14-2-5-15(6-3-14)22(27)28/h2-3,5-8,10-13,23H,4,9H2,1H3,(H,27,28). The second-order valence-electron chi connectivity index (χ2n) is 6.74. The van der Waals surface area contributed by atoms with Crippen molar-refractivity contribution in [1.82, 2.24) is 14.8 Å².